The summed E-state index contributed by atoms with van der Waals surface area (Å²) in [5.74, 6) is -1.46. The van der Waals surface area contributed by atoms with Crippen LogP contribution in [0.2, 0.25) is 0 Å². The number of hydrogen-bond donors (Lipinski definition) is 1. The van der Waals surface area contributed by atoms with Gasteiger partial charge in [-0.05, 0) is 11.8 Å². The Hall–Kier alpha value is -1.06. The molecule has 0 aliphatic carbocycles. The zero-order valence-corrected chi connectivity index (χ0v) is 10.9. The Labute approximate surface area is 97.6 Å². The van der Waals surface area contributed by atoms with E-state index in [4.69, 9.17) is 5.11 Å². The van der Waals surface area contributed by atoms with Crippen LogP contribution in [0.5, 0.6) is 0 Å². The molecule has 0 saturated carbocycles. The summed E-state index contributed by atoms with van der Waals surface area (Å²) in [5.41, 5.74) is 0.185. The van der Waals surface area contributed by atoms with Crippen molar-refractivity contribution >= 4 is 11.9 Å². The fraction of sp³-hybridized carbons (Fsp3) is 0.833. The molecule has 94 valence electrons. The van der Waals surface area contributed by atoms with Crippen LogP contribution in [-0.2, 0) is 9.59 Å². The van der Waals surface area contributed by atoms with Gasteiger partial charge in [0, 0.05) is 19.5 Å². The van der Waals surface area contributed by atoms with E-state index in [1.807, 2.05) is 0 Å². The maximum absolute atomic E-state index is 11.8. The van der Waals surface area contributed by atoms with Crippen LogP contribution in [0.15, 0.2) is 0 Å². The summed E-state index contributed by atoms with van der Waals surface area (Å²) in [6.07, 6.45) is 0.813. The highest BCUT2D eigenvalue weighted by Crippen LogP contribution is 2.19. The van der Waals surface area contributed by atoms with Crippen LogP contribution >= 0.6 is 0 Å². The van der Waals surface area contributed by atoms with E-state index in [-0.39, 0.29) is 17.7 Å². The fourth-order valence-corrected chi connectivity index (χ4v) is 1.34. The number of nitrogens with zero attached hydrogens (tertiary/aromatic N) is 1. The van der Waals surface area contributed by atoms with Gasteiger partial charge in [-0.1, -0.05) is 27.7 Å². The molecule has 4 heteroatoms. The van der Waals surface area contributed by atoms with Gasteiger partial charge in [0.25, 0.3) is 0 Å². The molecule has 0 fully saturated rings. The summed E-state index contributed by atoms with van der Waals surface area (Å²) in [5, 5.41) is 8.60. The molecule has 0 aromatic rings. The van der Waals surface area contributed by atoms with Crippen molar-refractivity contribution in [2.75, 3.05) is 13.6 Å². The molecular formula is C12H23NO3. The highest BCUT2D eigenvalue weighted by Gasteiger charge is 2.21. The number of carbonyl (C=O) groups is 2. The molecule has 0 aliphatic rings. The molecule has 1 amide bonds. The second-order valence-corrected chi connectivity index (χ2v) is 5.57. The van der Waals surface area contributed by atoms with E-state index in [1.54, 1.807) is 18.9 Å². The van der Waals surface area contributed by atoms with E-state index in [2.05, 4.69) is 20.8 Å². The summed E-state index contributed by atoms with van der Waals surface area (Å²) in [6.45, 7) is 8.68. The Bertz CT molecular complexity index is 255. The first kappa shape index (κ1) is 14.9. The van der Waals surface area contributed by atoms with Gasteiger partial charge >= 0.3 is 5.97 Å². The third kappa shape index (κ3) is 6.43. The van der Waals surface area contributed by atoms with Gasteiger partial charge in [-0.2, -0.15) is 0 Å². The van der Waals surface area contributed by atoms with E-state index in [0.717, 1.165) is 6.42 Å². The molecule has 16 heavy (non-hydrogen) atoms. The van der Waals surface area contributed by atoms with E-state index in [9.17, 15) is 9.59 Å². The van der Waals surface area contributed by atoms with Crippen molar-refractivity contribution in [1.29, 1.82) is 0 Å². The first-order chi connectivity index (χ1) is 7.13. The van der Waals surface area contributed by atoms with Crippen LogP contribution in [0.3, 0.4) is 0 Å². The maximum Gasteiger partial charge on any atom is 0.304 e. The Morgan fingerprint density at radius 3 is 2.19 bits per heavy atom. The van der Waals surface area contributed by atoms with Crippen LogP contribution < -0.4 is 0 Å². The first-order valence-electron chi connectivity index (χ1n) is 5.60. The SMILES string of the molecule is CC(CC(=O)O)C(=O)N(C)CCC(C)(C)C. The lowest BCUT2D eigenvalue weighted by atomic mass is 9.92. The standard InChI is InChI=1S/C12H23NO3/c1-9(8-10(14)15)11(16)13(5)7-6-12(2,3)4/h9H,6-8H2,1-5H3,(H,14,15). The van der Waals surface area contributed by atoms with E-state index in [0.29, 0.717) is 6.54 Å². The van der Waals surface area contributed by atoms with E-state index < -0.39 is 11.9 Å². The fourth-order valence-electron chi connectivity index (χ4n) is 1.34. The Balaban J connectivity index is 4.13. The number of hydrogen-bond acceptors (Lipinski definition) is 2. The molecule has 0 aliphatic heterocycles. The third-order valence-corrected chi connectivity index (χ3v) is 2.48. The monoisotopic (exact) mass is 229 g/mol. The third-order valence-electron chi connectivity index (χ3n) is 2.48. The molecule has 0 aromatic heterocycles. The summed E-state index contributed by atoms with van der Waals surface area (Å²) < 4.78 is 0. The second kappa shape index (κ2) is 5.87. The zero-order chi connectivity index (χ0) is 12.9. The number of amides is 1. The first-order valence-corrected chi connectivity index (χ1v) is 5.60. The average molecular weight is 229 g/mol. The molecule has 0 rings (SSSR count). The molecule has 0 radical (unpaired) electrons. The highest BCUT2D eigenvalue weighted by molar-refractivity contribution is 5.82. The Morgan fingerprint density at radius 2 is 1.81 bits per heavy atom. The summed E-state index contributed by atoms with van der Waals surface area (Å²) in [7, 11) is 1.73. The lowest BCUT2D eigenvalue weighted by Crippen LogP contribution is -2.34. The van der Waals surface area contributed by atoms with Crippen LogP contribution in [-0.4, -0.2) is 35.5 Å². The molecule has 4 nitrogen and oxygen atoms in total. The normalized spacial score (nSPS) is 13.3. The molecular weight excluding hydrogens is 206 g/mol. The largest absolute Gasteiger partial charge is 0.481 e. The zero-order valence-electron chi connectivity index (χ0n) is 10.9. The summed E-state index contributed by atoms with van der Waals surface area (Å²) in [6, 6.07) is 0. The van der Waals surface area contributed by atoms with Crippen LogP contribution in [0.25, 0.3) is 0 Å². The minimum absolute atomic E-state index is 0.0911. The molecule has 0 heterocycles. The van der Waals surface area contributed by atoms with E-state index in [1.165, 1.54) is 0 Å². The lowest BCUT2D eigenvalue weighted by Gasteiger charge is -2.25. The smallest absolute Gasteiger partial charge is 0.304 e. The predicted molar refractivity (Wildman–Crippen MR) is 63.1 cm³/mol. The van der Waals surface area contributed by atoms with Gasteiger partial charge in [0.05, 0.1) is 6.42 Å². The average Bonchev–Trinajstić information content (AvgIpc) is 2.10. The molecule has 0 aromatic carbocycles. The molecule has 0 spiro atoms. The predicted octanol–water partition coefficient (Wildman–Crippen LogP) is 1.99. The Morgan fingerprint density at radius 1 is 1.31 bits per heavy atom. The van der Waals surface area contributed by atoms with Crippen molar-refractivity contribution in [3.05, 3.63) is 0 Å². The summed E-state index contributed by atoms with van der Waals surface area (Å²) in [4.78, 5) is 23.9. The van der Waals surface area contributed by atoms with Gasteiger partial charge in [0.15, 0.2) is 0 Å². The van der Waals surface area contributed by atoms with Crippen molar-refractivity contribution in [2.24, 2.45) is 11.3 Å². The van der Waals surface area contributed by atoms with Crippen molar-refractivity contribution in [3.8, 4) is 0 Å². The van der Waals surface area contributed by atoms with Gasteiger partial charge in [-0.25, -0.2) is 0 Å². The van der Waals surface area contributed by atoms with Gasteiger partial charge < -0.3 is 10.0 Å². The minimum Gasteiger partial charge on any atom is -0.481 e. The number of carboxylic acids is 1. The van der Waals surface area contributed by atoms with Crippen LogP contribution in [0.4, 0.5) is 0 Å². The Kier molecular flexibility index (Phi) is 5.48. The number of rotatable bonds is 5. The van der Waals surface area contributed by atoms with E-state index >= 15 is 0 Å². The van der Waals surface area contributed by atoms with Crippen molar-refractivity contribution < 1.29 is 14.7 Å². The maximum atomic E-state index is 11.8. The minimum atomic E-state index is -0.926. The van der Waals surface area contributed by atoms with Gasteiger partial charge in [0.1, 0.15) is 0 Å². The lowest BCUT2D eigenvalue weighted by molar-refractivity contribution is -0.143. The molecule has 1 N–H and O–H groups in total. The van der Waals surface area contributed by atoms with Crippen molar-refractivity contribution in [2.45, 2.75) is 40.5 Å². The number of aliphatic carboxylic acids is 1. The number of carbonyl (C=O) groups excluding carboxylic acids is 1. The highest BCUT2D eigenvalue weighted by atomic mass is 16.4. The topological polar surface area (TPSA) is 57.6 Å². The van der Waals surface area contributed by atoms with Gasteiger partial charge in [0.2, 0.25) is 5.91 Å². The second-order valence-electron chi connectivity index (χ2n) is 5.57. The van der Waals surface area contributed by atoms with Crippen LogP contribution in [0.1, 0.15) is 40.5 Å². The van der Waals surface area contributed by atoms with Crippen LogP contribution in [0, 0.1) is 11.3 Å². The van der Waals surface area contributed by atoms with Crippen molar-refractivity contribution in [3.63, 3.8) is 0 Å². The molecule has 1 unspecified atom stereocenters. The van der Waals surface area contributed by atoms with Gasteiger partial charge in [-0.3, -0.25) is 9.59 Å². The quantitative estimate of drug-likeness (QED) is 0.784. The number of carboxylic acid groups (broad SMARTS) is 1. The molecule has 1 atom stereocenters. The summed E-state index contributed by atoms with van der Waals surface area (Å²) >= 11 is 0. The molecule has 0 bridgehead atoms. The van der Waals surface area contributed by atoms with Crippen molar-refractivity contribution in [1.82, 2.24) is 4.90 Å². The van der Waals surface area contributed by atoms with Gasteiger partial charge in [-0.15, -0.1) is 0 Å². The molecule has 0 saturated heterocycles.